The van der Waals surface area contributed by atoms with Gasteiger partial charge >= 0.3 is 0 Å². The molecule has 0 unspecified atom stereocenters. The molecule has 0 aliphatic carbocycles. The topological polar surface area (TPSA) is 104 Å². The van der Waals surface area contributed by atoms with Crippen LogP contribution in [0.25, 0.3) is 0 Å². The van der Waals surface area contributed by atoms with E-state index in [-0.39, 0.29) is 16.7 Å². The number of anilines is 1. The lowest BCUT2D eigenvalue weighted by Crippen LogP contribution is -2.24. The van der Waals surface area contributed by atoms with Gasteiger partial charge in [0.25, 0.3) is 0 Å². The van der Waals surface area contributed by atoms with Crippen molar-refractivity contribution in [2.24, 2.45) is 0 Å². The Hall–Kier alpha value is -2.04. The molecule has 1 aliphatic heterocycles. The molecule has 0 aromatic carbocycles. The number of nitrogens with zero attached hydrogens (tertiary/aromatic N) is 3. The molecule has 0 spiro atoms. The minimum Gasteiger partial charge on any atom is -0.351 e. The fourth-order valence-electron chi connectivity index (χ4n) is 2.60. The zero-order chi connectivity index (χ0) is 18.6. The maximum atomic E-state index is 12.5. The summed E-state index contributed by atoms with van der Waals surface area (Å²) in [5.74, 6) is 0.492. The highest BCUT2D eigenvalue weighted by molar-refractivity contribution is 7.91. The van der Waals surface area contributed by atoms with Crippen molar-refractivity contribution < 1.29 is 13.2 Å². The zero-order valence-corrected chi connectivity index (χ0v) is 16.1. The molecule has 0 bridgehead atoms. The summed E-state index contributed by atoms with van der Waals surface area (Å²) in [5, 5.41) is 2.65. The van der Waals surface area contributed by atoms with Gasteiger partial charge in [0.05, 0.1) is 18.8 Å². The highest BCUT2D eigenvalue weighted by Gasteiger charge is 2.18. The van der Waals surface area contributed by atoms with Crippen molar-refractivity contribution in [3.05, 3.63) is 35.0 Å². The van der Waals surface area contributed by atoms with Gasteiger partial charge in [-0.1, -0.05) is 0 Å². The first-order chi connectivity index (χ1) is 12.4. The molecule has 3 rings (SSSR count). The van der Waals surface area contributed by atoms with Gasteiger partial charge in [-0.25, -0.2) is 23.1 Å². The normalized spacial score (nSPS) is 14.6. The fourth-order valence-corrected chi connectivity index (χ4v) is 4.94. The van der Waals surface area contributed by atoms with Gasteiger partial charge in [-0.3, -0.25) is 4.79 Å². The molecule has 1 amide bonds. The second kappa shape index (κ2) is 8.11. The molecular formula is C16H21N5O3S2. The summed E-state index contributed by atoms with van der Waals surface area (Å²) >= 11 is 1.13. The number of hydrogen-bond acceptors (Lipinski definition) is 7. The molecule has 140 valence electrons. The monoisotopic (exact) mass is 395 g/mol. The van der Waals surface area contributed by atoms with Crippen molar-refractivity contribution in [3.8, 4) is 0 Å². The summed E-state index contributed by atoms with van der Waals surface area (Å²) in [7, 11) is -3.63. The first-order valence-electron chi connectivity index (χ1n) is 8.34. The van der Waals surface area contributed by atoms with Gasteiger partial charge in [0, 0.05) is 31.1 Å². The van der Waals surface area contributed by atoms with Gasteiger partial charge in [0.2, 0.25) is 21.9 Å². The van der Waals surface area contributed by atoms with Gasteiger partial charge in [-0.15, -0.1) is 11.3 Å². The maximum Gasteiger partial charge on any atom is 0.250 e. The SMILES string of the molecule is CC(=O)NCc1ccc(S(=O)(=O)NCc2ccnc(N3CCCC3)n2)s1. The summed E-state index contributed by atoms with van der Waals surface area (Å²) in [5.41, 5.74) is 0.625. The predicted octanol–water partition coefficient (Wildman–Crippen LogP) is 1.25. The second-order valence-electron chi connectivity index (χ2n) is 6.00. The second-order valence-corrected chi connectivity index (χ2v) is 9.16. The molecule has 2 aromatic rings. The Labute approximate surface area is 156 Å². The highest BCUT2D eigenvalue weighted by Crippen LogP contribution is 2.22. The van der Waals surface area contributed by atoms with Crippen LogP contribution >= 0.6 is 11.3 Å². The summed E-state index contributed by atoms with van der Waals surface area (Å²) in [6, 6.07) is 4.95. The van der Waals surface area contributed by atoms with Gasteiger partial charge in [-0.2, -0.15) is 0 Å². The van der Waals surface area contributed by atoms with Crippen molar-refractivity contribution in [2.75, 3.05) is 18.0 Å². The molecule has 0 radical (unpaired) electrons. The lowest BCUT2D eigenvalue weighted by molar-refractivity contribution is -0.119. The van der Waals surface area contributed by atoms with Crippen LogP contribution in [0.2, 0.25) is 0 Å². The summed E-state index contributed by atoms with van der Waals surface area (Å²) < 4.78 is 27.7. The fraction of sp³-hybridized carbons (Fsp3) is 0.438. The maximum absolute atomic E-state index is 12.5. The quantitative estimate of drug-likeness (QED) is 0.731. The van der Waals surface area contributed by atoms with Crippen LogP contribution in [0.5, 0.6) is 0 Å². The van der Waals surface area contributed by atoms with Crippen molar-refractivity contribution in [1.82, 2.24) is 20.0 Å². The van der Waals surface area contributed by atoms with Crippen molar-refractivity contribution in [3.63, 3.8) is 0 Å². The number of nitrogens with one attached hydrogen (secondary N) is 2. The van der Waals surface area contributed by atoms with Gasteiger partial charge in [0.1, 0.15) is 4.21 Å². The van der Waals surface area contributed by atoms with E-state index >= 15 is 0 Å². The van der Waals surface area contributed by atoms with E-state index in [0.717, 1.165) is 42.1 Å². The number of sulfonamides is 1. The number of amides is 1. The van der Waals surface area contributed by atoms with E-state index in [4.69, 9.17) is 0 Å². The van der Waals surface area contributed by atoms with E-state index < -0.39 is 10.0 Å². The number of carbonyl (C=O) groups is 1. The molecule has 8 nitrogen and oxygen atoms in total. The standard InChI is InChI=1S/C16H21N5O3S2/c1-12(22)18-11-14-4-5-15(25-14)26(23,24)19-10-13-6-7-17-16(20-13)21-8-2-3-9-21/h4-7,19H,2-3,8-11H2,1H3,(H,18,22). The number of hydrogen-bond donors (Lipinski definition) is 2. The van der Waals surface area contributed by atoms with E-state index in [2.05, 4.69) is 24.9 Å². The van der Waals surface area contributed by atoms with E-state index in [1.807, 2.05) is 0 Å². The molecule has 10 heteroatoms. The Kier molecular flexibility index (Phi) is 5.84. The van der Waals surface area contributed by atoms with Crippen LogP contribution < -0.4 is 14.9 Å². The number of carbonyl (C=O) groups excluding carboxylic acids is 1. The van der Waals surface area contributed by atoms with Gasteiger partial charge < -0.3 is 10.2 Å². The molecule has 1 fully saturated rings. The zero-order valence-electron chi connectivity index (χ0n) is 14.4. The average molecular weight is 396 g/mol. The molecule has 0 atom stereocenters. The van der Waals surface area contributed by atoms with E-state index in [1.165, 1.54) is 6.92 Å². The minimum absolute atomic E-state index is 0.102. The Bertz CT molecular complexity index is 876. The van der Waals surface area contributed by atoms with Crippen LogP contribution in [0.1, 0.15) is 30.3 Å². The first kappa shape index (κ1) is 18.7. The van der Waals surface area contributed by atoms with E-state index in [0.29, 0.717) is 18.2 Å². The van der Waals surface area contributed by atoms with Crippen molar-refractivity contribution in [2.45, 2.75) is 37.1 Å². The third-order valence-electron chi connectivity index (χ3n) is 3.95. The molecule has 1 aliphatic rings. The van der Waals surface area contributed by atoms with Crippen LogP contribution in [0.3, 0.4) is 0 Å². The Morgan fingerprint density at radius 2 is 2.00 bits per heavy atom. The van der Waals surface area contributed by atoms with E-state index in [9.17, 15) is 13.2 Å². The molecule has 0 saturated carbocycles. The predicted molar refractivity (Wildman–Crippen MR) is 99.3 cm³/mol. The molecule has 1 saturated heterocycles. The lowest BCUT2D eigenvalue weighted by atomic mass is 10.4. The van der Waals surface area contributed by atoms with Crippen molar-refractivity contribution >= 4 is 33.2 Å². The summed E-state index contributed by atoms with van der Waals surface area (Å²) in [6.07, 6.45) is 3.90. The van der Waals surface area contributed by atoms with Crippen LogP contribution in [0.4, 0.5) is 5.95 Å². The average Bonchev–Trinajstić information content (AvgIpc) is 3.30. The molecule has 3 heterocycles. The van der Waals surface area contributed by atoms with Crippen LogP contribution in [0.15, 0.2) is 28.6 Å². The smallest absolute Gasteiger partial charge is 0.250 e. The highest BCUT2D eigenvalue weighted by atomic mass is 32.2. The molecule has 26 heavy (non-hydrogen) atoms. The Morgan fingerprint density at radius 3 is 2.73 bits per heavy atom. The molecular weight excluding hydrogens is 374 g/mol. The van der Waals surface area contributed by atoms with Crippen LogP contribution in [0, 0.1) is 0 Å². The van der Waals surface area contributed by atoms with Gasteiger partial charge in [-0.05, 0) is 31.0 Å². The number of thiophene rings is 1. The summed E-state index contributed by atoms with van der Waals surface area (Å²) in [6.45, 7) is 3.71. The lowest BCUT2D eigenvalue weighted by Gasteiger charge is -2.15. The number of rotatable bonds is 7. The summed E-state index contributed by atoms with van der Waals surface area (Å²) in [4.78, 5) is 22.5. The third kappa shape index (κ3) is 4.77. The third-order valence-corrected chi connectivity index (χ3v) is 6.92. The van der Waals surface area contributed by atoms with E-state index in [1.54, 1.807) is 24.4 Å². The Balaban J connectivity index is 1.63. The Morgan fingerprint density at radius 1 is 1.23 bits per heavy atom. The minimum atomic E-state index is -3.63. The molecule has 2 aromatic heterocycles. The van der Waals surface area contributed by atoms with Crippen molar-refractivity contribution in [1.29, 1.82) is 0 Å². The molecule has 2 N–H and O–H groups in total. The van der Waals surface area contributed by atoms with Gasteiger partial charge in [0.15, 0.2) is 0 Å². The van der Waals surface area contributed by atoms with Crippen LogP contribution in [-0.4, -0.2) is 37.4 Å². The van der Waals surface area contributed by atoms with Crippen LogP contribution in [-0.2, 0) is 27.9 Å². The largest absolute Gasteiger partial charge is 0.351 e. The first-order valence-corrected chi connectivity index (χ1v) is 10.6. The number of aromatic nitrogens is 2.